The fraction of sp³-hybridized carbons (Fsp3) is 0.314. The quantitative estimate of drug-likeness (QED) is 0.161. The number of phenols is 1. The van der Waals surface area contributed by atoms with E-state index in [0.717, 1.165) is 22.1 Å². The number of aromatic nitrogens is 2. The number of benzene rings is 2. The van der Waals surface area contributed by atoms with Crippen LogP contribution in [0, 0.1) is 0 Å². The van der Waals surface area contributed by atoms with Crippen molar-refractivity contribution in [1.82, 2.24) is 14.9 Å². The molecule has 0 radical (unpaired) electrons. The Morgan fingerprint density at radius 1 is 1.10 bits per heavy atom. The first kappa shape index (κ1) is 32.4. The number of phenolic OH excluding ortho intramolecular Hbond substituents is 1. The number of rotatable bonds is 10. The molecule has 248 valence electrons. The monoisotopic (exact) mass is 654 g/mol. The van der Waals surface area contributed by atoms with Crippen LogP contribution < -0.4 is 16.6 Å². The van der Waals surface area contributed by atoms with Gasteiger partial charge in [-0.2, -0.15) is 0 Å². The van der Waals surface area contributed by atoms with Crippen LogP contribution in [0.25, 0.3) is 22.3 Å². The van der Waals surface area contributed by atoms with E-state index in [1.165, 1.54) is 10.6 Å². The smallest absolute Gasteiger partial charge is 0.355 e. The number of ether oxygens (including phenoxy) is 2. The summed E-state index contributed by atoms with van der Waals surface area (Å²) in [5.41, 5.74) is 7.80. The molecule has 2 aliphatic heterocycles. The third-order valence-corrected chi connectivity index (χ3v) is 9.02. The first-order chi connectivity index (χ1) is 23.0. The van der Waals surface area contributed by atoms with Crippen molar-refractivity contribution in [1.29, 1.82) is 0 Å². The summed E-state index contributed by atoms with van der Waals surface area (Å²) in [5, 5.41) is 23.0. The van der Waals surface area contributed by atoms with Gasteiger partial charge in [0.1, 0.15) is 18.4 Å². The van der Waals surface area contributed by atoms with Crippen molar-refractivity contribution in [3.63, 3.8) is 0 Å². The van der Waals surface area contributed by atoms with Crippen molar-refractivity contribution in [3.05, 3.63) is 92.8 Å². The lowest BCUT2D eigenvalue weighted by molar-refractivity contribution is -0.190. The van der Waals surface area contributed by atoms with Gasteiger partial charge in [0.25, 0.3) is 5.56 Å². The topological polar surface area (TPSA) is 200 Å². The molecule has 2 aliphatic rings. The van der Waals surface area contributed by atoms with E-state index in [2.05, 4.69) is 5.32 Å². The van der Waals surface area contributed by atoms with Gasteiger partial charge in [-0.1, -0.05) is 44.2 Å². The summed E-state index contributed by atoms with van der Waals surface area (Å²) in [4.78, 5) is 70.4. The van der Waals surface area contributed by atoms with Crippen molar-refractivity contribution in [3.8, 4) is 17.1 Å². The van der Waals surface area contributed by atoms with Crippen LogP contribution in [0.2, 0.25) is 0 Å². The average Bonchev–Trinajstić information content (AvgIpc) is 3.43. The zero-order valence-electron chi connectivity index (χ0n) is 26.3. The molecule has 0 aliphatic carbocycles. The number of fused-ring (bicyclic) bond motifs is 5. The van der Waals surface area contributed by atoms with Crippen LogP contribution >= 0.6 is 0 Å². The molecular weight excluding hydrogens is 620 g/mol. The molecule has 48 heavy (non-hydrogen) atoms. The molecule has 2 aromatic carbocycles. The number of nitrogens with two attached hydrogens (primary N) is 1. The Balaban J connectivity index is 1.31. The standard InChI is InChI=1S/C35H34N4O9/c1-3-20-21-13-19(40)10-11-26(21)37-30-22(20)16-39-28(30)14-24-23(32(39)43)17-47-34(46)35(24,4-2)48-29(41)15-27(33(44)45)38-31(42)25(36)12-18-8-6-5-7-9-18/h5-11,13-14,25,27,40H,3-4,12,15-17,36H2,1-2H3,(H,38,42)(H,44,45)/t25-,27-,35-/m0/s1. The summed E-state index contributed by atoms with van der Waals surface area (Å²) in [6.45, 7) is 3.40. The van der Waals surface area contributed by atoms with Gasteiger partial charge in [-0.25, -0.2) is 14.6 Å². The van der Waals surface area contributed by atoms with Crippen molar-refractivity contribution in [2.45, 2.75) is 70.4 Å². The molecule has 4 aromatic rings. The summed E-state index contributed by atoms with van der Waals surface area (Å²) in [6.07, 6.45) is -0.210. The summed E-state index contributed by atoms with van der Waals surface area (Å²) < 4.78 is 12.7. The van der Waals surface area contributed by atoms with Gasteiger partial charge in [-0.3, -0.25) is 14.4 Å². The molecule has 4 heterocycles. The Morgan fingerprint density at radius 2 is 1.85 bits per heavy atom. The number of carboxylic acid groups (broad SMARTS) is 1. The van der Waals surface area contributed by atoms with E-state index in [1.54, 1.807) is 49.4 Å². The third-order valence-electron chi connectivity index (χ3n) is 9.02. The Morgan fingerprint density at radius 3 is 2.54 bits per heavy atom. The number of pyridine rings is 2. The third kappa shape index (κ3) is 5.55. The van der Waals surface area contributed by atoms with Crippen LogP contribution in [0.15, 0.2) is 59.4 Å². The van der Waals surface area contributed by atoms with Gasteiger partial charge < -0.3 is 35.3 Å². The normalized spacial score (nSPS) is 17.4. The first-order valence-electron chi connectivity index (χ1n) is 15.6. The van der Waals surface area contributed by atoms with Gasteiger partial charge in [0.05, 0.1) is 41.5 Å². The molecule has 13 heteroatoms. The van der Waals surface area contributed by atoms with Crippen LogP contribution in [0.5, 0.6) is 5.75 Å². The molecule has 0 fully saturated rings. The number of aryl methyl sites for hydroxylation is 1. The maximum atomic E-state index is 13.9. The number of hydrogen-bond donors (Lipinski definition) is 4. The number of carbonyl (C=O) groups is 4. The summed E-state index contributed by atoms with van der Waals surface area (Å²) in [7, 11) is 0. The van der Waals surface area contributed by atoms with Gasteiger partial charge in [0.15, 0.2) is 0 Å². The molecular formula is C35H34N4O9. The number of hydrogen-bond acceptors (Lipinski definition) is 10. The maximum Gasteiger partial charge on any atom is 0.355 e. The van der Waals surface area contributed by atoms with E-state index >= 15 is 0 Å². The fourth-order valence-electron chi connectivity index (χ4n) is 6.55. The highest BCUT2D eigenvalue weighted by molar-refractivity contribution is 5.92. The van der Waals surface area contributed by atoms with Gasteiger partial charge in [-0.15, -0.1) is 0 Å². The lowest BCUT2D eigenvalue weighted by Gasteiger charge is -2.36. The van der Waals surface area contributed by atoms with Crippen LogP contribution in [-0.2, 0) is 60.2 Å². The molecule has 0 saturated heterocycles. The second-order valence-electron chi connectivity index (χ2n) is 11.9. The summed E-state index contributed by atoms with van der Waals surface area (Å²) in [6, 6.07) is 12.6. The molecule has 6 rings (SSSR count). The number of aromatic hydroxyl groups is 1. The SMILES string of the molecule is CCc1c2c(nc3ccc(O)cc13)-c1cc3c(c(=O)n1C2)COC(=O)[C@@]3(CC)OC(=O)C[C@H](NC(=O)[C@@H](N)Cc1ccccc1)C(=O)O. The molecule has 0 saturated carbocycles. The second kappa shape index (κ2) is 12.6. The van der Waals surface area contributed by atoms with E-state index < -0.39 is 53.5 Å². The first-order valence-corrected chi connectivity index (χ1v) is 15.6. The van der Waals surface area contributed by atoms with Crippen LogP contribution in [0.3, 0.4) is 0 Å². The highest BCUT2D eigenvalue weighted by Crippen LogP contribution is 2.42. The van der Waals surface area contributed by atoms with E-state index in [9.17, 15) is 34.2 Å². The molecule has 13 nitrogen and oxygen atoms in total. The van der Waals surface area contributed by atoms with Crippen molar-refractivity contribution < 1.29 is 38.9 Å². The Kier molecular flexibility index (Phi) is 8.48. The average molecular weight is 655 g/mol. The number of cyclic esters (lactones) is 1. The Labute approximate surface area is 274 Å². The Bertz CT molecular complexity index is 2040. The van der Waals surface area contributed by atoms with E-state index in [-0.39, 0.29) is 42.9 Å². The number of nitrogens with zero attached hydrogens (tertiary/aromatic N) is 2. The molecule has 0 bridgehead atoms. The maximum absolute atomic E-state index is 13.9. The predicted octanol–water partition coefficient (Wildman–Crippen LogP) is 2.43. The second-order valence-corrected chi connectivity index (χ2v) is 11.9. The van der Waals surface area contributed by atoms with Gasteiger partial charge in [-0.05, 0) is 54.7 Å². The lowest BCUT2D eigenvalue weighted by Crippen LogP contribution is -2.51. The number of carbonyl (C=O) groups excluding carboxylic acids is 3. The molecule has 2 aromatic heterocycles. The largest absolute Gasteiger partial charge is 0.508 e. The number of amides is 1. The van der Waals surface area contributed by atoms with E-state index in [0.29, 0.717) is 23.3 Å². The van der Waals surface area contributed by atoms with Crippen molar-refractivity contribution >= 4 is 34.7 Å². The minimum absolute atomic E-state index is 0.0898. The number of nitrogens with one attached hydrogen (secondary N) is 1. The van der Waals surface area contributed by atoms with Gasteiger partial charge >= 0.3 is 17.9 Å². The molecule has 0 spiro atoms. The highest BCUT2D eigenvalue weighted by Gasteiger charge is 2.51. The number of aliphatic carboxylic acids is 1. The van der Waals surface area contributed by atoms with Crippen molar-refractivity contribution in [2.75, 3.05) is 0 Å². The zero-order chi connectivity index (χ0) is 34.3. The number of carboxylic acids is 1. The minimum Gasteiger partial charge on any atom is -0.508 e. The van der Waals surface area contributed by atoms with Crippen molar-refractivity contribution in [2.24, 2.45) is 5.73 Å². The lowest BCUT2D eigenvalue weighted by atomic mass is 9.85. The van der Waals surface area contributed by atoms with Crippen LogP contribution in [-0.4, -0.2) is 55.7 Å². The van der Waals surface area contributed by atoms with E-state index in [4.69, 9.17) is 20.2 Å². The van der Waals surface area contributed by atoms with Crippen LogP contribution in [0.1, 0.15) is 54.5 Å². The Hall–Kier alpha value is -5.56. The van der Waals surface area contributed by atoms with E-state index in [1.807, 2.05) is 13.0 Å². The molecule has 5 N–H and O–H groups in total. The molecule has 1 amide bonds. The minimum atomic E-state index is -2.06. The summed E-state index contributed by atoms with van der Waals surface area (Å²) in [5.74, 6) is -4.22. The van der Waals surface area contributed by atoms with Gasteiger partial charge in [0.2, 0.25) is 11.5 Å². The predicted molar refractivity (Wildman–Crippen MR) is 172 cm³/mol. The molecule has 0 unspecified atom stereocenters. The fourth-order valence-corrected chi connectivity index (χ4v) is 6.55. The highest BCUT2D eigenvalue weighted by atomic mass is 16.6. The molecule has 3 atom stereocenters. The van der Waals surface area contributed by atoms with Gasteiger partial charge in [0, 0.05) is 16.5 Å². The summed E-state index contributed by atoms with van der Waals surface area (Å²) >= 11 is 0. The zero-order valence-corrected chi connectivity index (χ0v) is 26.3. The number of esters is 2. The van der Waals surface area contributed by atoms with Crippen LogP contribution in [0.4, 0.5) is 0 Å².